The van der Waals surface area contributed by atoms with Gasteiger partial charge in [0.1, 0.15) is 18.2 Å². The summed E-state index contributed by atoms with van der Waals surface area (Å²) in [6.45, 7) is 1.46. The smallest absolute Gasteiger partial charge is 0.193 e. The van der Waals surface area contributed by atoms with Crippen LogP contribution in [0.3, 0.4) is 0 Å². The first-order valence-corrected chi connectivity index (χ1v) is 8.37. The number of halogens is 1. The summed E-state index contributed by atoms with van der Waals surface area (Å²) >= 11 is 0. The fourth-order valence-electron chi connectivity index (χ4n) is 2.45. The molecule has 0 fully saturated rings. The number of carbonyl (C=O) groups excluding carboxylic acids is 1. The summed E-state index contributed by atoms with van der Waals surface area (Å²) in [6.07, 6.45) is 0. The minimum Gasteiger partial charge on any atom is -0.491 e. The van der Waals surface area contributed by atoms with E-state index in [1.165, 1.54) is 24.3 Å². The van der Waals surface area contributed by atoms with Crippen molar-refractivity contribution < 1.29 is 18.7 Å². The Balaban J connectivity index is 1.45. The lowest BCUT2D eigenvalue weighted by atomic mass is 10.0. The Kier molecular flexibility index (Phi) is 6.12. The third-order valence-electron chi connectivity index (χ3n) is 3.83. The van der Waals surface area contributed by atoms with Crippen molar-refractivity contribution >= 4 is 5.78 Å². The largest absolute Gasteiger partial charge is 0.491 e. The molecule has 132 valence electrons. The first-order valence-electron chi connectivity index (χ1n) is 8.37. The summed E-state index contributed by atoms with van der Waals surface area (Å²) in [5.74, 6) is 0.159. The van der Waals surface area contributed by atoms with Crippen molar-refractivity contribution in [2.45, 2.75) is 6.61 Å². The monoisotopic (exact) mass is 350 g/mol. The van der Waals surface area contributed by atoms with E-state index in [1.807, 2.05) is 30.3 Å². The molecule has 0 saturated carbocycles. The van der Waals surface area contributed by atoms with Gasteiger partial charge in [0, 0.05) is 11.1 Å². The minimum atomic E-state index is -0.361. The topological polar surface area (TPSA) is 35.5 Å². The molecule has 0 spiro atoms. The van der Waals surface area contributed by atoms with Gasteiger partial charge in [0.15, 0.2) is 5.78 Å². The van der Waals surface area contributed by atoms with E-state index in [0.29, 0.717) is 36.7 Å². The van der Waals surface area contributed by atoms with Crippen LogP contribution in [0.4, 0.5) is 4.39 Å². The minimum absolute atomic E-state index is 0.150. The molecule has 0 aliphatic heterocycles. The molecule has 0 heterocycles. The number of hydrogen-bond acceptors (Lipinski definition) is 3. The molecule has 0 bridgehead atoms. The van der Waals surface area contributed by atoms with Gasteiger partial charge >= 0.3 is 0 Å². The van der Waals surface area contributed by atoms with Crippen LogP contribution in [0.25, 0.3) is 0 Å². The van der Waals surface area contributed by atoms with Crippen LogP contribution in [0.1, 0.15) is 21.5 Å². The van der Waals surface area contributed by atoms with Crippen LogP contribution in [0, 0.1) is 5.82 Å². The van der Waals surface area contributed by atoms with Gasteiger partial charge in [-0.25, -0.2) is 4.39 Å². The van der Waals surface area contributed by atoms with E-state index in [2.05, 4.69) is 0 Å². The molecule has 0 unspecified atom stereocenters. The number of rotatable bonds is 8. The highest BCUT2D eigenvalue weighted by Crippen LogP contribution is 2.16. The van der Waals surface area contributed by atoms with Gasteiger partial charge in [-0.1, -0.05) is 30.3 Å². The second-order valence-electron chi connectivity index (χ2n) is 5.75. The third-order valence-corrected chi connectivity index (χ3v) is 3.83. The predicted octanol–water partition coefficient (Wildman–Crippen LogP) is 4.65. The maximum Gasteiger partial charge on any atom is 0.193 e. The van der Waals surface area contributed by atoms with Crippen LogP contribution in [0.2, 0.25) is 0 Å². The molecule has 0 radical (unpaired) electrons. The summed E-state index contributed by atoms with van der Waals surface area (Å²) < 4.78 is 24.1. The van der Waals surface area contributed by atoms with Crippen LogP contribution >= 0.6 is 0 Å². The highest BCUT2D eigenvalue weighted by molar-refractivity contribution is 6.08. The van der Waals surface area contributed by atoms with E-state index in [9.17, 15) is 9.18 Å². The van der Waals surface area contributed by atoms with E-state index in [4.69, 9.17) is 9.47 Å². The van der Waals surface area contributed by atoms with E-state index < -0.39 is 0 Å². The lowest BCUT2D eigenvalue weighted by Crippen LogP contribution is -2.07. The van der Waals surface area contributed by atoms with Crippen molar-refractivity contribution in [3.63, 3.8) is 0 Å². The molecular formula is C22H19FO3. The van der Waals surface area contributed by atoms with Gasteiger partial charge in [-0.3, -0.25) is 4.79 Å². The summed E-state index contributed by atoms with van der Waals surface area (Å²) in [5, 5.41) is 0. The van der Waals surface area contributed by atoms with Gasteiger partial charge in [0.05, 0.1) is 13.2 Å². The van der Waals surface area contributed by atoms with Gasteiger partial charge in [-0.2, -0.15) is 0 Å². The zero-order valence-corrected chi connectivity index (χ0v) is 14.2. The Morgan fingerprint density at radius 2 is 1.38 bits per heavy atom. The lowest BCUT2D eigenvalue weighted by Gasteiger charge is -2.08. The number of ether oxygens (including phenoxy) is 2. The van der Waals surface area contributed by atoms with Crippen molar-refractivity contribution in [2.24, 2.45) is 0 Å². The van der Waals surface area contributed by atoms with E-state index in [-0.39, 0.29) is 11.6 Å². The van der Waals surface area contributed by atoms with Gasteiger partial charge < -0.3 is 9.47 Å². The molecule has 3 aromatic carbocycles. The maximum absolute atomic E-state index is 12.9. The highest BCUT2D eigenvalue weighted by Gasteiger charge is 2.09. The van der Waals surface area contributed by atoms with Gasteiger partial charge in [-0.15, -0.1) is 0 Å². The summed E-state index contributed by atoms with van der Waals surface area (Å²) in [7, 11) is 0. The number of benzene rings is 3. The van der Waals surface area contributed by atoms with Gasteiger partial charge in [0.2, 0.25) is 0 Å². The van der Waals surface area contributed by atoms with Crippen molar-refractivity contribution in [1.82, 2.24) is 0 Å². The molecule has 3 aromatic rings. The van der Waals surface area contributed by atoms with Crippen LogP contribution < -0.4 is 4.74 Å². The molecule has 4 heteroatoms. The Morgan fingerprint density at radius 3 is 2.04 bits per heavy atom. The highest BCUT2D eigenvalue weighted by atomic mass is 19.1. The second kappa shape index (κ2) is 8.92. The van der Waals surface area contributed by atoms with Crippen molar-refractivity contribution in [3.05, 3.63) is 101 Å². The molecular weight excluding hydrogens is 331 g/mol. The fraction of sp³-hybridized carbons (Fsp3) is 0.136. The Morgan fingerprint density at radius 1 is 0.769 bits per heavy atom. The molecule has 0 aliphatic carbocycles. The summed E-state index contributed by atoms with van der Waals surface area (Å²) in [6, 6.07) is 22.3. The molecule has 0 N–H and O–H groups in total. The normalized spacial score (nSPS) is 10.5. The first-order chi connectivity index (χ1) is 12.7. The predicted molar refractivity (Wildman–Crippen MR) is 97.9 cm³/mol. The quantitative estimate of drug-likeness (QED) is 0.438. The molecule has 26 heavy (non-hydrogen) atoms. The van der Waals surface area contributed by atoms with Gasteiger partial charge in [0.25, 0.3) is 0 Å². The lowest BCUT2D eigenvalue weighted by molar-refractivity contribution is 0.0889. The Bertz CT molecular complexity index is 828. The second-order valence-corrected chi connectivity index (χ2v) is 5.75. The van der Waals surface area contributed by atoms with Crippen LogP contribution in [0.5, 0.6) is 5.75 Å². The molecule has 0 saturated heterocycles. The summed E-state index contributed by atoms with van der Waals surface area (Å²) in [4.78, 5) is 12.3. The van der Waals surface area contributed by atoms with Crippen molar-refractivity contribution in [1.29, 1.82) is 0 Å². The standard InChI is InChI=1S/C22H19FO3/c23-20-10-6-18(7-11-20)22(24)19-8-12-21(13-9-19)26-15-14-25-16-17-4-2-1-3-5-17/h1-13H,14-16H2. The van der Waals surface area contributed by atoms with E-state index in [0.717, 1.165) is 5.56 Å². The third kappa shape index (κ3) is 5.01. The zero-order valence-electron chi connectivity index (χ0n) is 14.2. The summed E-state index contributed by atoms with van der Waals surface area (Å²) in [5.41, 5.74) is 2.11. The van der Waals surface area contributed by atoms with Crippen LogP contribution in [0.15, 0.2) is 78.9 Å². The van der Waals surface area contributed by atoms with Crippen molar-refractivity contribution in [3.8, 4) is 5.75 Å². The number of carbonyl (C=O) groups is 1. The average molecular weight is 350 g/mol. The number of hydrogen-bond donors (Lipinski definition) is 0. The average Bonchev–Trinajstić information content (AvgIpc) is 2.69. The van der Waals surface area contributed by atoms with Crippen LogP contribution in [-0.4, -0.2) is 19.0 Å². The SMILES string of the molecule is O=C(c1ccc(F)cc1)c1ccc(OCCOCc2ccccc2)cc1. The Labute approximate surface area is 152 Å². The Hall–Kier alpha value is -2.98. The maximum atomic E-state index is 12.9. The van der Waals surface area contributed by atoms with E-state index >= 15 is 0 Å². The molecule has 0 amide bonds. The fourth-order valence-corrected chi connectivity index (χ4v) is 2.45. The number of ketones is 1. The molecule has 0 aromatic heterocycles. The first kappa shape index (κ1) is 17.8. The molecule has 0 aliphatic rings. The molecule has 3 nitrogen and oxygen atoms in total. The van der Waals surface area contributed by atoms with Crippen molar-refractivity contribution in [2.75, 3.05) is 13.2 Å². The zero-order chi connectivity index (χ0) is 18.2. The molecule has 3 rings (SSSR count). The molecule has 0 atom stereocenters. The van der Waals surface area contributed by atoms with Gasteiger partial charge in [-0.05, 0) is 54.1 Å². The van der Waals surface area contributed by atoms with E-state index in [1.54, 1.807) is 24.3 Å². The van der Waals surface area contributed by atoms with Crippen LogP contribution in [-0.2, 0) is 11.3 Å².